The third kappa shape index (κ3) is 3.45. The fourth-order valence-corrected chi connectivity index (χ4v) is 2.25. The van der Waals surface area contributed by atoms with Crippen LogP contribution in [0.15, 0.2) is 43.0 Å². The number of hydrogen-bond donors (Lipinski definition) is 2. The first-order valence-electron chi connectivity index (χ1n) is 7.40. The van der Waals surface area contributed by atoms with Gasteiger partial charge < -0.3 is 10.6 Å². The smallest absolute Gasteiger partial charge is 0.319 e. The molecule has 0 radical (unpaired) electrons. The van der Waals surface area contributed by atoms with Crippen molar-refractivity contribution in [2.75, 3.05) is 5.32 Å². The van der Waals surface area contributed by atoms with Crippen molar-refractivity contribution in [3.8, 4) is 0 Å². The highest BCUT2D eigenvalue weighted by Gasteiger charge is 2.09. The Labute approximate surface area is 133 Å². The topological polar surface area (TPSA) is 84.7 Å². The highest BCUT2D eigenvalue weighted by Crippen LogP contribution is 2.18. The predicted octanol–water partition coefficient (Wildman–Crippen LogP) is 2.73. The van der Waals surface area contributed by atoms with Crippen LogP contribution in [-0.2, 0) is 6.54 Å². The number of nitrogens with one attached hydrogen (secondary N) is 2. The number of aromatic nitrogens is 4. The Hall–Kier alpha value is -2.96. The summed E-state index contributed by atoms with van der Waals surface area (Å²) in [6, 6.07) is 5.55. The fourth-order valence-electron chi connectivity index (χ4n) is 2.25. The molecule has 3 rings (SSSR count). The third-order valence-corrected chi connectivity index (χ3v) is 3.36. The Morgan fingerprint density at radius 2 is 2.17 bits per heavy atom. The quantitative estimate of drug-likeness (QED) is 0.776. The van der Waals surface area contributed by atoms with Gasteiger partial charge in [0.15, 0.2) is 5.65 Å². The average Bonchev–Trinajstić information content (AvgIpc) is 2.97. The zero-order valence-electron chi connectivity index (χ0n) is 13.0. The van der Waals surface area contributed by atoms with Crippen LogP contribution in [-0.4, -0.2) is 25.8 Å². The van der Waals surface area contributed by atoms with Gasteiger partial charge in [0.2, 0.25) is 0 Å². The van der Waals surface area contributed by atoms with Crippen LogP contribution in [0.5, 0.6) is 0 Å². The van der Waals surface area contributed by atoms with E-state index in [4.69, 9.17) is 0 Å². The van der Waals surface area contributed by atoms with Crippen molar-refractivity contribution in [2.45, 2.75) is 26.4 Å². The maximum Gasteiger partial charge on any atom is 0.319 e. The van der Waals surface area contributed by atoms with E-state index >= 15 is 0 Å². The number of amides is 2. The Morgan fingerprint density at radius 3 is 2.91 bits per heavy atom. The maximum absolute atomic E-state index is 11.9. The summed E-state index contributed by atoms with van der Waals surface area (Å²) in [6.07, 6.45) is 6.80. The van der Waals surface area contributed by atoms with Gasteiger partial charge in [-0.3, -0.25) is 4.98 Å². The molecular weight excluding hydrogens is 292 g/mol. The molecule has 0 aliphatic rings. The van der Waals surface area contributed by atoms with E-state index in [1.807, 2.05) is 36.7 Å². The number of hydrogen-bond acceptors (Lipinski definition) is 4. The predicted molar refractivity (Wildman–Crippen MR) is 88.0 cm³/mol. The van der Waals surface area contributed by atoms with Crippen LogP contribution in [0.3, 0.4) is 0 Å². The number of carbonyl (C=O) groups is 1. The Bertz CT molecular complexity index is 812. The standard InChI is InChI=1S/C16H18N6O/c1-11(2)22-15-13(9-20-22)6-14(10-18-15)21-16(23)19-8-12-4-3-5-17-7-12/h3-7,9-11H,8H2,1-2H3,(H2,19,21,23). The van der Waals surface area contributed by atoms with Gasteiger partial charge in [-0.2, -0.15) is 5.10 Å². The largest absolute Gasteiger partial charge is 0.334 e. The highest BCUT2D eigenvalue weighted by molar-refractivity contribution is 5.91. The summed E-state index contributed by atoms with van der Waals surface area (Å²) in [5.41, 5.74) is 2.38. The molecule has 0 unspecified atom stereocenters. The lowest BCUT2D eigenvalue weighted by Gasteiger charge is -2.08. The number of rotatable bonds is 4. The van der Waals surface area contributed by atoms with Gasteiger partial charge in [-0.05, 0) is 31.5 Å². The number of nitrogens with zero attached hydrogens (tertiary/aromatic N) is 4. The summed E-state index contributed by atoms with van der Waals surface area (Å²) in [4.78, 5) is 20.3. The zero-order valence-corrected chi connectivity index (χ0v) is 13.0. The lowest BCUT2D eigenvalue weighted by molar-refractivity contribution is 0.251. The number of anilines is 1. The molecule has 0 atom stereocenters. The summed E-state index contributed by atoms with van der Waals surface area (Å²) in [5, 5.41) is 10.8. The maximum atomic E-state index is 11.9. The molecule has 2 N–H and O–H groups in total. The van der Waals surface area contributed by atoms with Gasteiger partial charge in [0.1, 0.15) is 0 Å². The molecule has 7 nitrogen and oxygen atoms in total. The van der Waals surface area contributed by atoms with Gasteiger partial charge in [-0.25, -0.2) is 14.5 Å². The van der Waals surface area contributed by atoms with Crippen LogP contribution in [0.1, 0.15) is 25.5 Å². The molecule has 0 aliphatic heterocycles. The average molecular weight is 310 g/mol. The molecule has 0 saturated heterocycles. The molecule has 3 aromatic rings. The van der Waals surface area contributed by atoms with E-state index in [-0.39, 0.29) is 12.1 Å². The van der Waals surface area contributed by atoms with Crippen molar-refractivity contribution in [2.24, 2.45) is 0 Å². The zero-order chi connectivity index (χ0) is 16.2. The normalized spacial score (nSPS) is 10.9. The van der Waals surface area contributed by atoms with Crippen molar-refractivity contribution in [1.82, 2.24) is 25.1 Å². The van der Waals surface area contributed by atoms with Gasteiger partial charge in [0.05, 0.1) is 18.1 Å². The van der Waals surface area contributed by atoms with Crippen molar-refractivity contribution in [3.63, 3.8) is 0 Å². The molecule has 0 fully saturated rings. The van der Waals surface area contributed by atoms with Crippen LogP contribution in [0.2, 0.25) is 0 Å². The van der Waals surface area contributed by atoms with Crippen molar-refractivity contribution in [1.29, 1.82) is 0 Å². The number of pyridine rings is 2. The molecule has 23 heavy (non-hydrogen) atoms. The number of carbonyl (C=O) groups excluding carboxylic acids is 1. The summed E-state index contributed by atoms with van der Waals surface area (Å²) < 4.78 is 1.85. The summed E-state index contributed by atoms with van der Waals surface area (Å²) in [5.74, 6) is 0. The lowest BCUT2D eigenvalue weighted by atomic mass is 10.3. The van der Waals surface area contributed by atoms with E-state index in [0.29, 0.717) is 12.2 Å². The second kappa shape index (κ2) is 6.43. The van der Waals surface area contributed by atoms with E-state index in [1.54, 1.807) is 24.8 Å². The first-order chi connectivity index (χ1) is 11.1. The van der Waals surface area contributed by atoms with E-state index < -0.39 is 0 Å². The van der Waals surface area contributed by atoms with E-state index in [0.717, 1.165) is 16.6 Å². The second-order valence-electron chi connectivity index (χ2n) is 5.49. The number of fused-ring (bicyclic) bond motifs is 1. The highest BCUT2D eigenvalue weighted by atomic mass is 16.2. The molecule has 0 spiro atoms. The molecule has 2 amide bonds. The summed E-state index contributed by atoms with van der Waals surface area (Å²) in [6.45, 7) is 4.51. The van der Waals surface area contributed by atoms with Crippen molar-refractivity contribution in [3.05, 3.63) is 48.5 Å². The minimum Gasteiger partial charge on any atom is -0.334 e. The Balaban J connectivity index is 1.65. The fraction of sp³-hybridized carbons (Fsp3) is 0.250. The van der Waals surface area contributed by atoms with E-state index in [9.17, 15) is 4.79 Å². The summed E-state index contributed by atoms with van der Waals surface area (Å²) in [7, 11) is 0. The van der Waals surface area contributed by atoms with Gasteiger partial charge in [0, 0.05) is 30.4 Å². The summed E-state index contributed by atoms with van der Waals surface area (Å²) >= 11 is 0. The van der Waals surface area contributed by atoms with Gasteiger partial charge in [-0.1, -0.05) is 6.07 Å². The van der Waals surface area contributed by atoms with Crippen LogP contribution in [0.4, 0.5) is 10.5 Å². The molecule has 0 bridgehead atoms. The van der Waals surface area contributed by atoms with E-state index in [2.05, 4.69) is 25.7 Å². The Kier molecular flexibility index (Phi) is 4.18. The van der Waals surface area contributed by atoms with Crippen LogP contribution >= 0.6 is 0 Å². The minimum absolute atomic E-state index is 0.238. The minimum atomic E-state index is -0.286. The lowest BCUT2D eigenvalue weighted by Crippen LogP contribution is -2.28. The first kappa shape index (κ1) is 15.0. The van der Waals surface area contributed by atoms with Gasteiger partial charge in [0.25, 0.3) is 0 Å². The number of urea groups is 1. The molecular formula is C16H18N6O. The molecule has 3 aromatic heterocycles. The SMILES string of the molecule is CC(C)n1ncc2cc(NC(=O)NCc3cccnc3)cnc21. The van der Waals surface area contributed by atoms with Crippen LogP contribution < -0.4 is 10.6 Å². The monoisotopic (exact) mass is 310 g/mol. The van der Waals surface area contributed by atoms with Gasteiger partial charge in [-0.15, -0.1) is 0 Å². The molecule has 0 aliphatic carbocycles. The molecule has 118 valence electrons. The molecule has 0 saturated carbocycles. The second-order valence-corrected chi connectivity index (χ2v) is 5.49. The van der Waals surface area contributed by atoms with Crippen LogP contribution in [0.25, 0.3) is 11.0 Å². The molecule has 3 heterocycles. The Morgan fingerprint density at radius 1 is 1.30 bits per heavy atom. The molecule has 0 aromatic carbocycles. The van der Waals surface area contributed by atoms with Crippen molar-refractivity contribution < 1.29 is 4.79 Å². The van der Waals surface area contributed by atoms with Crippen molar-refractivity contribution >= 4 is 22.8 Å². The van der Waals surface area contributed by atoms with Gasteiger partial charge >= 0.3 is 6.03 Å². The van der Waals surface area contributed by atoms with Crippen LogP contribution in [0, 0.1) is 0 Å². The van der Waals surface area contributed by atoms with E-state index in [1.165, 1.54) is 0 Å². The molecule has 7 heteroatoms. The third-order valence-electron chi connectivity index (χ3n) is 3.36. The first-order valence-corrected chi connectivity index (χ1v) is 7.40.